The second kappa shape index (κ2) is 6.54. The van der Waals surface area contributed by atoms with Crippen LogP contribution >= 0.6 is 11.8 Å². The van der Waals surface area contributed by atoms with Crippen molar-refractivity contribution in [3.05, 3.63) is 65.7 Å². The van der Waals surface area contributed by atoms with Gasteiger partial charge in [0.05, 0.1) is 0 Å². The number of carbonyl (C=O) groups is 1. The van der Waals surface area contributed by atoms with Crippen LogP contribution in [-0.2, 0) is 5.54 Å². The molecule has 2 heterocycles. The van der Waals surface area contributed by atoms with Gasteiger partial charge >= 0.3 is 0 Å². The van der Waals surface area contributed by atoms with Crippen LogP contribution in [0.2, 0.25) is 0 Å². The van der Waals surface area contributed by atoms with E-state index < -0.39 is 0 Å². The molecule has 2 aliphatic rings. The molecule has 6 heteroatoms. The number of nitrogens with zero attached hydrogens (tertiary/aromatic N) is 1. The Morgan fingerprint density at radius 2 is 2.08 bits per heavy atom. The molecule has 2 aromatic rings. The van der Waals surface area contributed by atoms with E-state index in [1.165, 1.54) is 0 Å². The number of nitrogen functional groups attached to an aromatic ring is 1. The molecule has 2 atom stereocenters. The molecule has 4 rings (SSSR count). The first-order valence-electron chi connectivity index (χ1n) is 8.33. The summed E-state index contributed by atoms with van der Waals surface area (Å²) in [5.41, 5.74) is 8.11. The van der Waals surface area contributed by atoms with E-state index in [0.29, 0.717) is 16.6 Å². The van der Waals surface area contributed by atoms with Crippen LogP contribution in [0, 0.1) is 5.92 Å². The molecule has 0 bridgehead atoms. The topological polar surface area (TPSA) is 79.5 Å². The molecule has 0 radical (unpaired) electrons. The smallest absolute Gasteiger partial charge is 0.257 e. The molecular weight excluding hydrogens is 332 g/mol. The summed E-state index contributed by atoms with van der Waals surface area (Å²) in [5.74, 6) is 1.17. The lowest BCUT2D eigenvalue weighted by molar-refractivity contribution is 0.0977. The first-order valence-corrected chi connectivity index (χ1v) is 9.32. The van der Waals surface area contributed by atoms with Crippen molar-refractivity contribution >= 4 is 28.5 Å². The molecule has 2 unspecified atom stereocenters. The molecule has 5 nitrogen and oxygen atoms in total. The van der Waals surface area contributed by atoms with Gasteiger partial charge < -0.3 is 16.4 Å². The highest BCUT2D eigenvalue weighted by atomic mass is 32.2. The van der Waals surface area contributed by atoms with Crippen LogP contribution in [0.25, 0.3) is 0 Å². The van der Waals surface area contributed by atoms with Gasteiger partial charge in [0.25, 0.3) is 5.91 Å². The Labute approximate surface area is 151 Å². The summed E-state index contributed by atoms with van der Waals surface area (Å²) in [4.78, 5) is 17.4. The number of aliphatic imine (C=N–C) groups is 1. The molecule has 0 aromatic heterocycles. The zero-order valence-electron chi connectivity index (χ0n) is 13.7. The molecule has 25 heavy (non-hydrogen) atoms. The van der Waals surface area contributed by atoms with Gasteiger partial charge in [0.1, 0.15) is 5.54 Å². The minimum atomic E-state index is -0.361. The van der Waals surface area contributed by atoms with Crippen LogP contribution in [0.1, 0.15) is 15.9 Å². The maximum Gasteiger partial charge on any atom is 0.257 e. The van der Waals surface area contributed by atoms with E-state index in [4.69, 9.17) is 10.7 Å². The van der Waals surface area contributed by atoms with Crippen molar-refractivity contribution in [1.29, 1.82) is 0 Å². The van der Waals surface area contributed by atoms with E-state index in [1.54, 1.807) is 23.9 Å². The van der Waals surface area contributed by atoms with Crippen LogP contribution in [0.15, 0.2) is 59.6 Å². The third-order valence-corrected chi connectivity index (χ3v) is 5.86. The van der Waals surface area contributed by atoms with E-state index in [-0.39, 0.29) is 11.4 Å². The average Bonchev–Trinajstić information content (AvgIpc) is 3.07. The summed E-state index contributed by atoms with van der Waals surface area (Å²) >= 11 is 1.61. The number of amidine groups is 1. The Morgan fingerprint density at radius 3 is 2.88 bits per heavy atom. The molecule has 1 saturated heterocycles. The first-order chi connectivity index (χ1) is 12.2. The molecule has 2 aliphatic heterocycles. The van der Waals surface area contributed by atoms with Crippen molar-refractivity contribution in [3.63, 3.8) is 0 Å². The zero-order valence-corrected chi connectivity index (χ0v) is 14.6. The summed E-state index contributed by atoms with van der Waals surface area (Å²) < 4.78 is 0. The number of amides is 1. The first kappa shape index (κ1) is 16.2. The minimum Gasteiger partial charge on any atom is -0.399 e. The Morgan fingerprint density at radius 1 is 1.24 bits per heavy atom. The van der Waals surface area contributed by atoms with Crippen LogP contribution in [0.3, 0.4) is 0 Å². The number of nitrogens with one attached hydrogen (secondary N) is 2. The lowest BCUT2D eigenvalue weighted by Gasteiger charge is -2.35. The van der Waals surface area contributed by atoms with Crippen molar-refractivity contribution < 1.29 is 4.79 Å². The third-order valence-electron chi connectivity index (χ3n) is 4.83. The Kier molecular flexibility index (Phi) is 4.23. The molecule has 4 N–H and O–H groups in total. The minimum absolute atomic E-state index is 0.126. The molecule has 0 saturated carbocycles. The summed E-state index contributed by atoms with van der Waals surface area (Å²) in [6, 6.07) is 17.1. The number of anilines is 1. The summed E-state index contributed by atoms with van der Waals surface area (Å²) in [6.45, 7) is 1.68. The van der Waals surface area contributed by atoms with Crippen molar-refractivity contribution in [1.82, 2.24) is 10.6 Å². The summed E-state index contributed by atoms with van der Waals surface area (Å²) in [5, 5.41) is 7.10. The highest BCUT2D eigenvalue weighted by Crippen LogP contribution is 2.43. The van der Waals surface area contributed by atoms with Crippen LogP contribution in [-0.4, -0.2) is 29.9 Å². The number of rotatable bonds is 2. The predicted molar refractivity (Wildman–Crippen MR) is 103 cm³/mol. The predicted octanol–water partition coefficient (Wildman–Crippen LogP) is 2.22. The number of hydrogen-bond acceptors (Lipinski definition) is 5. The lowest BCUT2D eigenvalue weighted by atomic mass is 9.81. The fraction of sp³-hybridized carbons (Fsp3) is 0.263. The molecule has 1 amide bonds. The maximum atomic E-state index is 12.5. The summed E-state index contributed by atoms with van der Waals surface area (Å²) in [6.07, 6.45) is 0. The van der Waals surface area contributed by atoms with Crippen molar-refractivity contribution in [2.75, 3.05) is 24.6 Å². The Bertz CT molecular complexity index is 823. The monoisotopic (exact) mass is 352 g/mol. The molecular formula is C19H20N4OS. The number of nitrogens with two attached hydrogens (primary N) is 1. The second-order valence-corrected chi connectivity index (χ2v) is 7.43. The van der Waals surface area contributed by atoms with Gasteiger partial charge in [-0.3, -0.25) is 4.79 Å². The van der Waals surface area contributed by atoms with E-state index >= 15 is 0 Å². The van der Waals surface area contributed by atoms with Crippen molar-refractivity contribution in [2.45, 2.75) is 5.54 Å². The number of thioether (sulfide) groups is 1. The zero-order chi connectivity index (χ0) is 17.3. The normalized spacial score (nSPS) is 25.1. The van der Waals surface area contributed by atoms with E-state index in [9.17, 15) is 4.79 Å². The third kappa shape index (κ3) is 3.03. The quantitative estimate of drug-likeness (QED) is 0.724. The van der Waals surface area contributed by atoms with Gasteiger partial charge in [-0.2, -0.15) is 0 Å². The molecule has 1 fully saturated rings. The Hall–Kier alpha value is -2.31. The largest absolute Gasteiger partial charge is 0.399 e. The SMILES string of the molecule is Nc1cccc(C23CNCC2CSC(NC(=O)c2ccccc2)=N3)c1. The molecule has 128 valence electrons. The van der Waals surface area contributed by atoms with E-state index in [1.807, 2.05) is 36.4 Å². The van der Waals surface area contributed by atoms with Crippen molar-refractivity contribution in [3.8, 4) is 0 Å². The van der Waals surface area contributed by atoms with E-state index in [2.05, 4.69) is 16.7 Å². The van der Waals surface area contributed by atoms with Crippen LogP contribution in [0.5, 0.6) is 0 Å². The standard InChI is InChI=1S/C19H20N4OS/c20-16-8-4-7-14(9-16)19-12-21-10-15(19)11-25-18(23-19)22-17(24)13-5-2-1-3-6-13/h1-9,15,21H,10-12,20H2,(H,22,23,24). The molecule has 0 spiro atoms. The fourth-order valence-electron chi connectivity index (χ4n) is 3.50. The number of benzene rings is 2. The van der Waals surface area contributed by atoms with Crippen LogP contribution in [0.4, 0.5) is 5.69 Å². The number of hydrogen-bond donors (Lipinski definition) is 3. The highest BCUT2D eigenvalue weighted by Gasteiger charge is 2.47. The highest BCUT2D eigenvalue weighted by molar-refractivity contribution is 8.13. The second-order valence-electron chi connectivity index (χ2n) is 6.43. The fourth-order valence-corrected chi connectivity index (χ4v) is 4.65. The van der Waals surface area contributed by atoms with Gasteiger partial charge in [-0.15, -0.1) is 0 Å². The number of fused-ring (bicyclic) bond motifs is 1. The van der Waals surface area contributed by atoms with Gasteiger partial charge in [-0.1, -0.05) is 42.1 Å². The average molecular weight is 352 g/mol. The van der Waals surface area contributed by atoms with Gasteiger partial charge in [0.2, 0.25) is 0 Å². The van der Waals surface area contributed by atoms with Gasteiger partial charge in [0.15, 0.2) is 5.17 Å². The summed E-state index contributed by atoms with van der Waals surface area (Å²) in [7, 11) is 0. The molecule has 0 aliphatic carbocycles. The number of carbonyl (C=O) groups excluding carboxylic acids is 1. The molecule has 2 aromatic carbocycles. The lowest BCUT2D eigenvalue weighted by Crippen LogP contribution is -2.42. The van der Waals surface area contributed by atoms with E-state index in [0.717, 1.165) is 30.1 Å². The van der Waals surface area contributed by atoms with Gasteiger partial charge in [-0.05, 0) is 29.8 Å². The van der Waals surface area contributed by atoms with Gasteiger partial charge in [0, 0.05) is 36.0 Å². The Balaban J connectivity index is 1.66. The van der Waals surface area contributed by atoms with Crippen LogP contribution < -0.4 is 16.4 Å². The maximum absolute atomic E-state index is 12.5. The van der Waals surface area contributed by atoms with Gasteiger partial charge in [-0.25, -0.2) is 4.99 Å². The van der Waals surface area contributed by atoms with Crippen molar-refractivity contribution in [2.24, 2.45) is 10.9 Å².